The Morgan fingerprint density at radius 3 is 2.83 bits per heavy atom. The number of nitrogens with one attached hydrogen (secondary N) is 1. The van der Waals surface area contributed by atoms with Crippen LogP contribution in [0, 0.1) is 12.8 Å². The fraction of sp³-hybridized carbons (Fsp3) is 0.636. The molecule has 18 heavy (non-hydrogen) atoms. The second-order valence-electron chi connectivity index (χ2n) is 4.45. The normalized spacial score (nSPS) is 24.6. The van der Waals surface area contributed by atoms with Crippen LogP contribution in [0.4, 0.5) is 0 Å². The van der Waals surface area contributed by atoms with Crippen LogP contribution in [-0.2, 0) is 14.8 Å². The zero-order valence-electron chi connectivity index (χ0n) is 10.3. The molecule has 0 spiro atoms. The Balaban J connectivity index is 2.06. The van der Waals surface area contributed by atoms with Gasteiger partial charge in [-0.3, -0.25) is 0 Å². The van der Waals surface area contributed by atoms with Crippen LogP contribution in [0.2, 0.25) is 0 Å². The van der Waals surface area contributed by atoms with Crippen molar-refractivity contribution in [3.05, 3.63) is 14.7 Å². The van der Waals surface area contributed by atoms with E-state index in [-0.39, 0.29) is 12.0 Å². The molecule has 2 unspecified atom stereocenters. The molecule has 0 aromatic carbocycles. The van der Waals surface area contributed by atoms with Crippen LogP contribution in [0.15, 0.2) is 14.7 Å². The number of aryl methyl sites for hydroxylation is 1. The lowest BCUT2D eigenvalue weighted by molar-refractivity contribution is 0.107. The molecule has 4 nitrogen and oxygen atoms in total. The number of hydrogen-bond acceptors (Lipinski definition) is 4. The smallest absolute Gasteiger partial charge is 0.241 e. The second kappa shape index (κ2) is 5.58. The third-order valence-corrected chi connectivity index (χ3v) is 6.43. The van der Waals surface area contributed by atoms with Crippen molar-refractivity contribution < 1.29 is 13.2 Å². The Morgan fingerprint density at radius 1 is 1.61 bits per heavy atom. The molecule has 0 amide bonds. The Morgan fingerprint density at radius 2 is 2.33 bits per heavy atom. The average molecular weight is 354 g/mol. The van der Waals surface area contributed by atoms with Crippen molar-refractivity contribution in [2.24, 2.45) is 5.92 Å². The minimum atomic E-state index is -3.41. The molecule has 2 rings (SSSR count). The maximum Gasteiger partial charge on any atom is 0.241 e. The van der Waals surface area contributed by atoms with Crippen LogP contribution in [0.5, 0.6) is 0 Å². The molecule has 102 valence electrons. The number of halogens is 1. The van der Waals surface area contributed by atoms with Crippen LogP contribution in [0.1, 0.15) is 18.2 Å². The summed E-state index contributed by atoms with van der Waals surface area (Å²) in [7, 11) is -3.41. The fourth-order valence-corrected chi connectivity index (χ4v) is 5.54. The molecule has 2 atom stereocenters. The van der Waals surface area contributed by atoms with E-state index in [0.717, 1.165) is 21.7 Å². The van der Waals surface area contributed by atoms with Crippen molar-refractivity contribution in [3.8, 4) is 0 Å². The van der Waals surface area contributed by atoms with Crippen molar-refractivity contribution >= 4 is 37.3 Å². The standard InChI is InChI=1S/C11H16BrNO3S2/c1-7-9(3-4-16-7)6-13-18(14,15)10-5-11(12)17-8(10)2/h5,7,9,13H,3-4,6H2,1-2H3. The van der Waals surface area contributed by atoms with Gasteiger partial charge in [-0.2, -0.15) is 0 Å². The third-order valence-electron chi connectivity index (χ3n) is 3.20. The van der Waals surface area contributed by atoms with Crippen LogP contribution in [-0.4, -0.2) is 27.7 Å². The molecule has 1 aromatic rings. The number of rotatable bonds is 4. The zero-order valence-corrected chi connectivity index (χ0v) is 13.5. The van der Waals surface area contributed by atoms with Gasteiger partial charge in [0.2, 0.25) is 10.0 Å². The first-order valence-electron chi connectivity index (χ1n) is 5.77. The molecule has 0 aliphatic carbocycles. The Bertz CT molecular complexity index is 526. The van der Waals surface area contributed by atoms with Gasteiger partial charge < -0.3 is 4.74 Å². The van der Waals surface area contributed by atoms with Gasteiger partial charge in [0.05, 0.1) is 14.8 Å². The monoisotopic (exact) mass is 353 g/mol. The van der Waals surface area contributed by atoms with E-state index in [1.54, 1.807) is 6.07 Å². The van der Waals surface area contributed by atoms with Crippen molar-refractivity contribution in [1.82, 2.24) is 4.72 Å². The third kappa shape index (κ3) is 3.14. The Kier molecular flexibility index (Phi) is 4.48. The minimum Gasteiger partial charge on any atom is -0.378 e. The first-order valence-corrected chi connectivity index (χ1v) is 8.86. The van der Waals surface area contributed by atoms with E-state index in [2.05, 4.69) is 20.7 Å². The minimum absolute atomic E-state index is 0.128. The summed E-state index contributed by atoms with van der Waals surface area (Å²) in [6, 6.07) is 1.65. The van der Waals surface area contributed by atoms with Gasteiger partial charge in [-0.25, -0.2) is 13.1 Å². The molecular weight excluding hydrogens is 338 g/mol. The second-order valence-corrected chi connectivity index (χ2v) is 8.82. The molecule has 1 aromatic heterocycles. The van der Waals surface area contributed by atoms with Gasteiger partial charge >= 0.3 is 0 Å². The number of ether oxygens (including phenoxy) is 1. The predicted octanol–water partition coefficient (Wildman–Crippen LogP) is 2.52. The summed E-state index contributed by atoms with van der Waals surface area (Å²) in [6.07, 6.45) is 1.04. The summed E-state index contributed by atoms with van der Waals surface area (Å²) < 4.78 is 33.3. The van der Waals surface area contributed by atoms with E-state index in [9.17, 15) is 8.42 Å². The summed E-state index contributed by atoms with van der Waals surface area (Å²) >= 11 is 4.74. The predicted molar refractivity (Wildman–Crippen MR) is 75.5 cm³/mol. The summed E-state index contributed by atoms with van der Waals surface area (Å²) in [5, 5.41) is 0. The summed E-state index contributed by atoms with van der Waals surface area (Å²) in [6.45, 7) is 4.96. The van der Waals surface area contributed by atoms with Gasteiger partial charge in [0.1, 0.15) is 0 Å². The topological polar surface area (TPSA) is 55.4 Å². The van der Waals surface area contributed by atoms with Crippen molar-refractivity contribution in [2.75, 3.05) is 13.2 Å². The molecule has 0 bridgehead atoms. The van der Waals surface area contributed by atoms with Crippen LogP contribution in [0.3, 0.4) is 0 Å². The Labute approximate surface area is 120 Å². The maximum absolute atomic E-state index is 12.2. The highest BCUT2D eigenvalue weighted by molar-refractivity contribution is 9.11. The SMILES string of the molecule is Cc1sc(Br)cc1S(=O)(=O)NCC1CCOC1C. The quantitative estimate of drug-likeness (QED) is 0.904. The van der Waals surface area contributed by atoms with Crippen LogP contribution < -0.4 is 4.72 Å². The van der Waals surface area contributed by atoms with E-state index in [1.165, 1.54) is 11.3 Å². The first kappa shape index (κ1) is 14.5. The summed E-state index contributed by atoms with van der Waals surface area (Å²) in [5.41, 5.74) is 0. The molecule has 7 heteroatoms. The van der Waals surface area contributed by atoms with E-state index in [1.807, 2.05) is 13.8 Å². The summed E-state index contributed by atoms with van der Waals surface area (Å²) in [4.78, 5) is 1.16. The van der Waals surface area contributed by atoms with Crippen molar-refractivity contribution in [1.29, 1.82) is 0 Å². The molecule has 1 N–H and O–H groups in total. The lowest BCUT2D eigenvalue weighted by atomic mass is 10.0. The van der Waals surface area contributed by atoms with Gasteiger partial charge in [0, 0.05) is 23.9 Å². The first-order chi connectivity index (χ1) is 8.40. The van der Waals surface area contributed by atoms with E-state index in [0.29, 0.717) is 11.4 Å². The van der Waals surface area contributed by atoms with Gasteiger partial charge in [-0.15, -0.1) is 11.3 Å². The molecule has 1 aliphatic heterocycles. The number of sulfonamides is 1. The van der Waals surface area contributed by atoms with E-state index in [4.69, 9.17) is 4.74 Å². The molecule has 2 heterocycles. The molecule has 1 fully saturated rings. The van der Waals surface area contributed by atoms with Gasteiger partial charge in [0.15, 0.2) is 0 Å². The molecule has 0 saturated carbocycles. The number of thiophene rings is 1. The van der Waals surface area contributed by atoms with Gasteiger partial charge in [-0.1, -0.05) is 0 Å². The molecule has 1 aliphatic rings. The summed E-state index contributed by atoms with van der Waals surface area (Å²) in [5.74, 6) is 0.266. The zero-order chi connectivity index (χ0) is 13.3. The highest BCUT2D eigenvalue weighted by atomic mass is 79.9. The maximum atomic E-state index is 12.2. The largest absolute Gasteiger partial charge is 0.378 e. The van der Waals surface area contributed by atoms with Crippen LogP contribution in [0.25, 0.3) is 0 Å². The molecular formula is C11H16BrNO3S2. The van der Waals surface area contributed by atoms with Crippen LogP contribution >= 0.6 is 27.3 Å². The van der Waals surface area contributed by atoms with Gasteiger partial charge in [-0.05, 0) is 42.3 Å². The van der Waals surface area contributed by atoms with E-state index < -0.39 is 10.0 Å². The fourth-order valence-electron chi connectivity index (χ4n) is 2.04. The van der Waals surface area contributed by atoms with Crippen molar-refractivity contribution in [2.45, 2.75) is 31.3 Å². The van der Waals surface area contributed by atoms with Gasteiger partial charge in [0.25, 0.3) is 0 Å². The highest BCUT2D eigenvalue weighted by Crippen LogP contribution is 2.29. The van der Waals surface area contributed by atoms with E-state index >= 15 is 0 Å². The van der Waals surface area contributed by atoms with Crippen molar-refractivity contribution in [3.63, 3.8) is 0 Å². The highest BCUT2D eigenvalue weighted by Gasteiger charge is 2.27. The molecule has 1 saturated heterocycles. The average Bonchev–Trinajstić information content (AvgIpc) is 2.82. The molecule has 0 radical (unpaired) electrons. The number of hydrogen-bond donors (Lipinski definition) is 1. The lowest BCUT2D eigenvalue weighted by Gasteiger charge is -2.14. The Hall–Kier alpha value is 0.0500. The lowest BCUT2D eigenvalue weighted by Crippen LogP contribution is -2.32.